The number of amides is 2. The smallest absolute Gasteiger partial charge is 0.231 e. The Balaban J connectivity index is 1.73. The number of rotatable bonds is 5. The minimum Gasteiger partial charge on any atom is -0.489 e. The van der Waals surface area contributed by atoms with E-state index in [1.165, 1.54) is 0 Å². The van der Waals surface area contributed by atoms with E-state index in [0.29, 0.717) is 29.6 Å². The summed E-state index contributed by atoms with van der Waals surface area (Å²) in [6.07, 6.45) is 0.145. The molecule has 1 saturated heterocycles. The van der Waals surface area contributed by atoms with E-state index in [0.717, 1.165) is 0 Å². The molecule has 132 valence electrons. The van der Waals surface area contributed by atoms with E-state index in [4.69, 9.17) is 9.26 Å². The average Bonchev–Trinajstić information content (AvgIpc) is 3.13. The van der Waals surface area contributed by atoms with Crippen LogP contribution in [0.1, 0.15) is 26.0 Å². The Bertz CT molecular complexity index is 784. The summed E-state index contributed by atoms with van der Waals surface area (Å²) < 4.78 is 10.7. The average molecular weight is 343 g/mol. The zero-order chi connectivity index (χ0) is 18.0. The van der Waals surface area contributed by atoms with Gasteiger partial charge in [0.05, 0.1) is 17.7 Å². The van der Waals surface area contributed by atoms with Crippen LogP contribution in [0.4, 0.5) is 11.5 Å². The van der Waals surface area contributed by atoms with Gasteiger partial charge in [-0.2, -0.15) is 0 Å². The highest BCUT2D eigenvalue weighted by atomic mass is 16.5. The van der Waals surface area contributed by atoms with E-state index < -0.39 is 5.92 Å². The molecular formula is C18H21N3O4. The van der Waals surface area contributed by atoms with Crippen molar-refractivity contribution in [2.45, 2.75) is 33.3 Å². The summed E-state index contributed by atoms with van der Waals surface area (Å²) in [6, 6.07) is 9.00. The second-order valence-corrected chi connectivity index (χ2v) is 6.35. The van der Waals surface area contributed by atoms with Gasteiger partial charge < -0.3 is 19.5 Å². The van der Waals surface area contributed by atoms with Gasteiger partial charge in [0.2, 0.25) is 11.8 Å². The number of aryl methyl sites for hydroxylation is 1. The van der Waals surface area contributed by atoms with E-state index in [1.54, 1.807) is 17.9 Å². The van der Waals surface area contributed by atoms with Gasteiger partial charge in [-0.3, -0.25) is 9.59 Å². The molecular weight excluding hydrogens is 322 g/mol. The monoisotopic (exact) mass is 343 g/mol. The van der Waals surface area contributed by atoms with E-state index in [2.05, 4.69) is 10.5 Å². The van der Waals surface area contributed by atoms with Gasteiger partial charge in [0, 0.05) is 19.0 Å². The molecule has 1 aromatic carbocycles. The minimum absolute atomic E-state index is 0.00615. The molecule has 2 aromatic rings. The van der Waals surface area contributed by atoms with Gasteiger partial charge in [-0.1, -0.05) is 17.3 Å². The molecule has 1 fully saturated rings. The summed E-state index contributed by atoms with van der Waals surface area (Å²) in [5.41, 5.74) is 0.689. The highest BCUT2D eigenvalue weighted by Crippen LogP contribution is 2.33. The molecule has 1 atom stereocenters. The van der Waals surface area contributed by atoms with Crippen LogP contribution in [-0.2, 0) is 9.59 Å². The molecule has 1 aliphatic rings. The van der Waals surface area contributed by atoms with Gasteiger partial charge in [0.15, 0.2) is 5.82 Å². The maximum absolute atomic E-state index is 12.4. The fourth-order valence-electron chi connectivity index (χ4n) is 2.80. The van der Waals surface area contributed by atoms with Crippen LogP contribution in [0.2, 0.25) is 0 Å². The Labute approximate surface area is 145 Å². The standard InChI is InChI=1S/C18H21N3O4/c1-11(2)24-15-7-5-4-6-14(15)21-10-13(9-17(21)22)18(23)19-16-8-12(3)25-20-16/h4-8,11,13H,9-10H2,1-3H3,(H,19,20,23). The normalized spacial score (nSPS) is 17.2. The highest BCUT2D eigenvalue weighted by Gasteiger charge is 2.36. The fourth-order valence-corrected chi connectivity index (χ4v) is 2.80. The lowest BCUT2D eigenvalue weighted by Crippen LogP contribution is -2.28. The van der Waals surface area contributed by atoms with Gasteiger partial charge in [0.25, 0.3) is 0 Å². The topological polar surface area (TPSA) is 84.7 Å². The van der Waals surface area contributed by atoms with Crippen LogP contribution >= 0.6 is 0 Å². The first-order valence-corrected chi connectivity index (χ1v) is 8.24. The number of aromatic nitrogens is 1. The molecule has 0 spiro atoms. The SMILES string of the molecule is Cc1cc(NC(=O)C2CC(=O)N(c3ccccc3OC(C)C)C2)no1. The van der Waals surface area contributed by atoms with Crippen molar-refractivity contribution in [3.63, 3.8) is 0 Å². The lowest BCUT2D eigenvalue weighted by Gasteiger charge is -2.21. The van der Waals surface area contributed by atoms with Crippen LogP contribution in [0.25, 0.3) is 0 Å². The molecule has 0 aliphatic carbocycles. The highest BCUT2D eigenvalue weighted by molar-refractivity contribution is 6.03. The van der Waals surface area contributed by atoms with Crippen molar-refractivity contribution >= 4 is 23.3 Å². The molecule has 0 bridgehead atoms. The predicted molar refractivity (Wildman–Crippen MR) is 92.5 cm³/mol. The number of ether oxygens (including phenoxy) is 1. The van der Waals surface area contributed by atoms with Crippen LogP contribution < -0.4 is 15.0 Å². The molecule has 2 heterocycles. The second kappa shape index (κ2) is 6.96. The largest absolute Gasteiger partial charge is 0.489 e. The third kappa shape index (κ3) is 3.81. The van der Waals surface area contributed by atoms with Crippen LogP contribution in [0.3, 0.4) is 0 Å². The van der Waals surface area contributed by atoms with Gasteiger partial charge >= 0.3 is 0 Å². The Hall–Kier alpha value is -2.83. The molecule has 7 nitrogen and oxygen atoms in total. The predicted octanol–water partition coefficient (Wildman–Crippen LogP) is 2.76. The first-order chi connectivity index (χ1) is 11.9. The van der Waals surface area contributed by atoms with Gasteiger partial charge in [-0.05, 0) is 32.9 Å². The Morgan fingerprint density at radius 2 is 2.16 bits per heavy atom. The van der Waals surface area contributed by atoms with E-state index >= 15 is 0 Å². The molecule has 1 aromatic heterocycles. The number of hydrogen-bond acceptors (Lipinski definition) is 5. The maximum Gasteiger partial charge on any atom is 0.231 e. The number of hydrogen-bond donors (Lipinski definition) is 1. The Morgan fingerprint density at radius 1 is 1.40 bits per heavy atom. The Morgan fingerprint density at radius 3 is 2.84 bits per heavy atom. The minimum atomic E-state index is -0.448. The van der Waals surface area contributed by atoms with Crippen LogP contribution in [0.5, 0.6) is 5.75 Å². The molecule has 1 unspecified atom stereocenters. The van der Waals surface area contributed by atoms with Crippen LogP contribution in [-0.4, -0.2) is 29.6 Å². The molecule has 1 N–H and O–H groups in total. The maximum atomic E-state index is 12.4. The van der Waals surface area contributed by atoms with Gasteiger partial charge in [-0.15, -0.1) is 0 Å². The fraction of sp³-hybridized carbons (Fsp3) is 0.389. The zero-order valence-electron chi connectivity index (χ0n) is 14.5. The van der Waals surface area contributed by atoms with E-state index in [-0.39, 0.29) is 24.3 Å². The summed E-state index contributed by atoms with van der Waals surface area (Å²) >= 11 is 0. The molecule has 3 rings (SSSR count). The number of carbonyl (C=O) groups is 2. The molecule has 7 heteroatoms. The van der Waals surface area contributed by atoms with Crippen LogP contribution in [0, 0.1) is 12.8 Å². The molecule has 0 saturated carbocycles. The van der Waals surface area contributed by atoms with Gasteiger partial charge in [-0.25, -0.2) is 0 Å². The first kappa shape index (κ1) is 17.0. The van der Waals surface area contributed by atoms with Crippen molar-refractivity contribution in [3.05, 3.63) is 36.1 Å². The number of anilines is 2. The van der Waals surface area contributed by atoms with Crippen molar-refractivity contribution < 1.29 is 18.8 Å². The number of nitrogens with one attached hydrogen (secondary N) is 1. The van der Waals surface area contributed by atoms with Crippen molar-refractivity contribution in [1.82, 2.24) is 5.16 Å². The van der Waals surface area contributed by atoms with E-state index in [9.17, 15) is 9.59 Å². The summed E-state index contributed by atoms with van der Waals surface area (Å²) in [5.74, 6) is 0.814. The summed E-state index contributed by atoms with van der Waals surface area (Å²) in [6.45, 7) is 5.91. The first-order valence-electron chi connectivity index (χ1n) is 8.24. The summed E-state index contributed by atoms with van der Waals surface area (Å²) in [5, 5.41) is 6.43. The number of carbonyl (C=O) groups excluding carboxylic acids is 2. The number of benzene rings is 1. The molecule has 25 heavy (non-hydrogen) atoms. The van der Waals surface area contributed by atoms with E-state index in [1.807, 2.05) is 38.1 Å². The third-order valence-corrected chi connectivity index (χ3v) is 3.89. The number of para-hydroxylation sites is 2. The lowest BCUT2D eigenvalue weighted by atomic mass is 10.1. The van der Waals surface area contributed by atoms with Gasteiger partial charge in [0.1, 0.15) is 11.5 Å². The lowest BCUT2D eigenvalue weighted by molar-refractivity contribution is -0.122. The molecule has 0 radical (unpaired) electrons. The van der Waals surface area contributed by atoms with Crippen molar-refractivity contribution in [1.29, 1.82) is 0 Å². The molecule has 1 aliphatic heterocycles. The Kier molecular flexibility index (Phi) is 4.74. The summed E-state index contributed by atoms with van der Waals surface area (Å²) in [4.78, 5) is 26.5. The third-order valence-electron chi connectivity index (χ3n) is 3.89. The van der Waals surface area contributed by atoms with Crippen molar-refractivity contribution in [3.8, 4) is 5.75 Å². The zero-order valence-corrected chi connectivity index (χ0v) is 14.5. The van der Waals surface area contributed by atoms with Crippen LogP contribution in [0.15, 0.2) is 34.9 Å². The quantitative estimate of drug-likeness (QED) is 0.902. The number of nitrogens with zero attached hydrogens (tertiary/aromatic N) is 2. The summed E-state index contributed by atoms with van der Waals surface area (Å²) in [7, 11) is 0. The van der Waals surface area contributed by atoms with Crippen molar-refractivity contribution in [2.24, 2.45) is 5.92 Å². The molecule has 2 amide bonds. The van der Waals surface area contributed by atoms with Crippen molar-refractivity contribution in [2.75, 3.05) is 16.8 Å². The second-order valence-electron chi connectivity index (χ2n) is 6.35.